The average Bonchev–Trinajstić information content (AvgIpc) is 2.62. The molecule has 1 unspecified atom stereocenters. The summed E-state index contributed by atoms with van der Waals surface area (Å²) in [7, 11) is 1.91. The van der Waals surface area contributed by atoms with Gasteiger partial charge in [0.15, 0.2) is 0 Å². The summed E-state index contributed by atoms with van der Waals surface area (Å²) in [5.74, 6) is 0.0417. The lowest BCUT2D eigenvalue weighted by Gasteiger charge is -2.42. The average molecular weight is 334 g/mol. The van der Waals surface area contributed by atoms with Gasteiger partial charge in [0.1, 0.15) is 0 Å². The SMILES string of the molecule is CCCC1(CO)CCCN(C(=O)c2ccc(N(C)CCO)cc2)C1. The van der Waals surface area contributed by atoms with Crippen LogP contribution in [0.1, 0.15) is 43.0 Å². The molecule has 1 aliphatic heterocycles. The highest BCUT2D eigenvalue weighted by molar-refractivity contribution is 5.94. The number of likely N-dealkylation sites (tertiary alicyclic amines) is 1. The number of hydrogen-bond donors (Lipinski definition) is 2. The molecule has 1 atom stereocenters. The molecule has 24 heavy (non-hydrogen) atoms. The second kappa shape index (κ2) is 8.49. The molecule has 2 rings (SSSR count). The van der Waals surface area contributed by atoms with Crippen LogP contribution in [-0.2, 0) is 0 Å². The molecule has 5 nitrogen and oxygen atoms in total. The quantitative estimate of drug-likeness (QED) is 0.802. The van der Waals surface area contributed by atoms with Gasteiger partial charge in [0.2, 0.25) is 0 Å². The highest BCUT2D eigenvalue weighted by Crippen LogP contribution is 2.34. The standard InChI is InChI=1S/C19H30N2O3/c1-3-9-19(15-23)10-4-11-21(14-19)18(24)16-5-7-17(8-6-16)20(2)12-13-22/h5-8,22-23H,3-4,9-15H2,1-2H3. The highest BCUT2D eigenvalue weighted by Gasteiger charge is 2.36. The van der Waals surface area contributed by atoms with Crippen molar-refractivity contribution < 1.29 is 15.0 Å². The van der Waals surface area contributed by atoms with Gasteiger partial charge in [-0.25, -0.2) is 0 Å². The van der Waals surface area contributed by atoms with Crippen molar-refractivity contribution in [3.8, 4) is 0 Å². The predicted octanol–water partition coefficient (Wildman–Crippen LogP) is 2.13. The van der Waals surface area contributed by atoms with E-state index in [9.17, 15) is 9.90 Å². The van der Waals surface area contributed by atoms with E-state index in [1.54, 1.807) is 0 Å². The lowest BCUT2D eigenvalue weighted by Crippen LogP contribution is -2.47. The van der Waals surface area contributed by atoms with Crippen molar-refractivity contribution >= 4 is 11.6 Å². The summed E-state index contributed by atoms with van der Waals surface area (Å²) < 4.78 is 0. The van der Waals surface area contributed by atoms with Crippen LogP contribution >= 0.6 is 0 Å². The Labute approximate surface area is 144 Å². The van der Waals surface area contributed by atoms with Gasteiger partial charge in [-0.1, -0.05) is 13.3 Å². The Morgan fingerprint density at radius 2 is 2.00 bits per heavy atom. The second-order valence-corrected chi connectivity index (χ2v) is 6.93. The van der Waals surface area contributed by atoms with Gasteiger partial charge in [-0.05, 0) is 43.5 Å². The van der Waals surface area contributed by atoms with Crippen molar-refractivity contribution in [2.24, 2.45) is 5.41 Å². The maximum atomic E-state index is 12.8. The zero-order valence-corrected chi connectivity index (χ0v) is 14.9. The minimum absolute atomic E-state index is 0.0417. The van der Waals surface area contributed by atoms with Gasteiger partial charge in [-0.15, -0.1) is 0 Å². The monoisotopic (exact) mass is 334 g/mol. The lowest BCUT2D eigenvalue weighted by atomic mass is 9.77. The van der Waals surface area contributed by atoms with Crippen LogP contribution in [0.2, 0.25) is 0 Å². The van der Waals surface area contributed by atoms with E-state index in [0.717, 1.165) is 37.9 Å². The Bertz CT molecular complexity index is 528. The Balaban J connectivity index is 2.07. The van der Waals surface area contributed by atoms with Gasteiger partial charge in [0, 0.05) is 43.3 Å². The summed E-state index contributed by atoms with van der Waals surface area (Å²) in [5.41, 5.74) is 1.53. The number of piperidine rings is 1. The fourth-order valence-electron chi connectivity index (χ4n) is 3.64. The third-order valence-electron chi connectivity index (χ3n) is 5.05. The molecule has 5 heteroatoms. The first kappa shape index (κ1) is 18.7. The zero-order chi connectivity index (χ0) is 17.6. The fraction of sp³-hybridized carbons (Fsp3) is 0.632. The van der Waals surface area contributed by atoms with E-state index in [2.05, 4.69) is 6.92 Å². The third-order valence-corrected chi connectivity index (χ3v) is 5.05. The Hall–Kier alpha value is -1.59. The van der Waals surface area contributed by atoms with E-state index in [1.807, 2.05) is 41.1 Å². The van der Waals surface area contributed by atoms with Crippen molar-refractivity contribution in [2.45, 2.75) is 32.6 Å². The molecule has 2 N–H and O–H groups in total. The molecule has 134 valence electrons. The molecule has 1 saturated heterocycles. The van der Waals surface area contributed by atoms with Crippen molar-refractivity contribution in [3.05, 3.63) is 29.8 Å². The molecular formula is C19H30N2O3. The molecule has 1 aliphatic rings. The Kier molecular flexibility index (Phi) is 6.63. The molecule has 1 amide bonds. The molecule has 0 aliphatic carbocycles. The summed E-state index contributed by atoms with van der Waals surface area (Å²) in [6.45, 7) is 4.34. The maximum absolute atomic E-state index is 12.8. The number of carbonyl (C=O) groups is 1. The van der Waals surface area contributed by atoms with Gasteiger partial charge in [0.25, 0.3) is 5.91 Å². The minimum atomic E-state index is -0.135. The van der Waals surface area contributed by atoms with Crippen LogP contribution in [0.15, 0.2) is 24.3 Å². The minimum Gasteiger partial charge on any atom is -0.396 e. The number of rotatable bonds is 7. The topological polar surface area (TPSA) is 64.0 Å². The zero-order valence-electron chi connectivity index (χ0n) is 14.9. The highest BCUT2D eigenvalue weighted by atomic mass is 16.3. The van der Waals surface area contributed by atoms with E-state index in [0.29, 0.717) is 18.7 Å². The van der Waals surface area contributed by atoms with E-state index in [-0.39, 0.29) is 24.5 Å². The number of hydrogen-bond acceptors (Lipinski definition) is 4. The van der Waals surface area contributed by atoms with Gasteiger partial charge in [0.05, 0.1) is 13.2 Å². The van der Waals surface area contributed by atoms with E-state index >= 15 is 0 Å². The van der Waals surface area contributed by atoms with Gasteiger partial charge in [-0.3, -0.25) is 4.79 Å². The Morgan fingerprint density at radius 3 is 2.58 bits per heavy atom. The predicted molar refractivity (Wildman–Crippen MR) is 96.4 cm³/mol. The van der Waals surface area contributed by atoms with Crippen molar-refractivity contribution in [2.75, 3.05) is 44.8 Å². The van der Waals surface area contributed by atoms with Gasteiger partial charge < -0.3 is 20.0 Å². The van der Waals surface area contributed by atoms with Crippen LogP contribution in [0.25, 0.3) is 0 Å². The third kappa shape index (κ3) is 4.28. The first-order chi connectivity index (χ1) is 11.5. The largest absolute Gasteiger partial charge is 0.396 e. The summed E-state index contributed by atoms with van der Waals surface area (Å²) >= 11 is 0. The summed E-state index contributed by atoms with van der Waals surface area (Å²) in [5, 5.41) is 18.8. The van der Waals surface area contributed by atoms with Crippen molar-refractivity contribution in [1.82, 2.24) is 4.90 Å². The summed E-state index contributed by atoms with van der Waals surface area (Å²) in [6.07, 6.45) is 3.92. The molecule has 1 fully saturated rings. The molecule has 1 heterocycles. The lowest BCUT2D eigenvalue weighted by molar-refractivity contribution is 0.0222. The van der Waals surface area contributed by atoms with Crippen LogP contribution in [0.4, 0.5) is 5.69 Å². The number of anilines is 1. The molecule has 1 aromatic rings. The molecular weight excluding hydrogens is 304 g/mol. The summed E-state index contributed by atoms with van der Waals surface area (Å²) in [4.78, 5) is 16.6. The Morgan fingerprint density at radius 1 is 1.29 bits per heavy atom. The first-order valence-electron chi connectivity index (χ1n) is 8.87. The van der Waals surface area contributed by atoms with Crippen molar-refractivity contribution in [1.29, 1.82) is 0 Å². The van der Waals surface area contributed by atoms with Crippen LogP contribution in [0.5, 0.6) is 0 Å². The molecule has 1 aromatic carbocycles. The van der Waals surface area contributed by atoms with Gasteiger partial charge in [-0.2, -0.15) is 0 Å². The molecule has 0 spiro atoms. The molecule has 0 aromatic heterocycles. The smallest absolute Gasteiger partial charge is 0.253 e. The van der Waals surface area contributed by atoms with E-state index < -0.39 is 0 Å². The summed E-state index contributed by atoms with van der Waals surface area (Å²) in [6, 6.07) is 7.53. The molecule has 0 radical (unpaired) electrons. The normalized spacial score (nSPS) is 20.9. The number of aliphatic hydroxyl groups excluding tert-OH is 2. The molecule has 0 saturated carbocycles. The number of aliphatic hydroxyl groups is 2. The maximum Gasteiger partial charge on any atom is 0.253 e. The van der Waals surface area contributed by atoms with Crippen LogP contribution < -0.4 is 4.90 Å². The number of benzene rings is 1. The number of amides is 1. The van der Waals surface area contributed by atoms with E-state index in [4.69, 9.17) is 5.11 Å². The van der Waals surface area contributed by atoms with Crippen molar-refractivity contribution in [3.63, 3.8) is 0 Å². The first-order valence-corrected chi connectivity index (χ1v) is 8.87. The van der Waals surface area contributed by atoms with Crippen LogP contribution in [0.3, 0.4) is 0 Å². The van der Waals surface area contributed by atoms with E-state index in [1.165, 1.54) is 0 Å². The number of likely N-dealkylation sites (N-methyl/N-ethyl adjacent to an activating group) is 1. The second-order valence-electron chi connectivity index (χ2n) is 6.93. The number of nitrogens with zero attached hydrogens (tertiary/aromatic N) is 2. The van der Waals surface area contributed by atoms with Gasteiger partial charge >= 0.3 is 0 Å². The van der Waals surface area contributed by atoms with Crippen LogP contribution in [-0.4, -0.2) is 60.9 Å². The number of carbonyl (C=O) groups excluding carboxylic acids is 1. The molecule has 0 bridgehead atoms. The van der Waals surface area contributed by atoms with Crippen LogP contribution in [0, 0.1) is 5.41 Å². The fourth-order valence-corrected chi connectivity index (χ4v) is 3.64.